The summed E-state index contributed by atoms with van der Waals surface area (Å²) in [5.74, 6) is 0.350. The molecule has 6 unspecified atom stereocenters. The lowest BCUT2D eigenvalue weighted by atomic mass is 9.71. The standard InChI is InChI=1S/C28H24N2O5/c1-33-20-10-8-16(12-21(20)34-2)25-24-18-13-19(26(24)35-29-25)23-22(18)27(31)30(28(23)32)17-9-7-14-5-3-4-6-15(14)11-17/h3-12,18-19,22-24,26H,13H2,1-2H3. The third kappa shape index (κ3) is 2.69. The van der Waals surface area contributed by atoms with Gasteiger partial charge >= 0.3 is 0 Å². The smallest absolute Gasteiger partial charge is 0.238 e. The largest absolute Gasteiger partial charge is 0.493 e. The zero-order valence-corrected chi connectivity index (χ0v) is 19.4. The van der Waals surface area contributed by atoms with Crippen molar-refractivity contribution in [3.8, 4) is 11.5 Å². The molecule has 2 aliphatic carbocycles. The van der Waals surface area contributed by atoms with Crippen LogP contribution in [-0.4, -0.2) is 37.8 Å². The van der Waals surface area contributed by atoms with Crippen LogP contribution in [0.1, 0.15) is 12.0 Å². The second-order valence-electron chi connectivity index (χ2n) is 9.80. The van der Waals surface area contributed by atoms with Crippen molar-refractivity contribution in [2.75, 3.05) is 19.1 Å². The number of carbonyl (C=O) groups excluding carboxylic acids is 2. The molecule has 2 bridgehead atoms. The summed E-state index contributed by atoms with van der Waals surface area (Å²) >= 11 is 0. The monoisotopic (exact) mass is 468 g/mol. The van der Waals surface area contributed by atoms with Crippen LogP contribution in [0.15, 0.2) is 65.8 Å². The molecule has 6 atom stereocenters. The Balaban J connectivity index is 1.23. The van der Waals surface area contributed by atoms with Gasteiger partial charge in [-0.25, -0.2) is 0 Å². The highest BCUT2D eigenvalue weighted by Crippen LogP contribution is 2.62. The lowest BCUT2D eigenvalue weighted by Gasteiger charge is -2.29. The first-order valence-corrected chi connectivity index (χ1v) is 11.9. The van der Waals surface area contributed by atoms with Crippen LogP contribution in [0.25, 0.3) is 10.8 Å². The molecular weight excluding hydrogens is 444 g/mol. The van der Waals surface area contributed by atoms with Gasteiger partial charge in [0.25, 0.3) is 0 Å². The van der Waals surface area contributed by atoms with Gasteiger partial charge in [-0.1, -0.05) is 35.5 Å². The molecule has 3 aromatic rings. The fourth-order valence-electron chi connectivity index (χ4n) is 6.93. The van der Waals surface area contributed by atoms with Crippen molar-refractivity contribution in [1.29, 1.82) is 0 Å². The second-order valence-corrected chi connectivity index (χ2v) is 9.80. The van der Waals surface area contributed by atoms with Crippen molar-refractivity contribution in [2.24, 2.45) is 34.7 Å². The Morgan fingerprint density at radius 2 is 1.57 bits per heavy atom. The molecule has 2 heterocycles. The fraction of sp³-hybridized carbons (Fsp3) is 0.321. The van der Waals surface area contributed by atoms with E-state index in [0.29, 0.717) is 17.2 Å². The maximum Gasteiger partial charge on any atom is 0.238 e. The van der Waals surface area contributed by atoms with E-state index in [1.54, 1.807) is 14.2 Å². The van der Waals surface area contributed by atoms with Gasteiger partial charge in [0.05, 0.1) is 37.5 Å². The number of hydrogen-bond donors (Lipinski definition) is 0. The maximum atomic E-state index is 13.7. The number of anilines is 1. The number of fused-ring (bicyclic) bond motifs is 9. The first-order chi connectivity index (χ1) is 17.1. The Kier molecular flexibility index (Phi) is 4.28. The van der Waals surface area contributed by atoms with Gasteiger partial charge in [-0.15, -0.1) is 0 Å². The summed E-state index contributed by atoms with van der Waals surface area (Å²) in [4.78, 5) is 34.7. The normalized spacial score (nSPS) is 30.3. The average molecular weight is 469 g/mol. The molecule has 176 valence electrons. The lowest BCUT2D eigenvalue weighted by molar-refractivity contribution is -0.125. The van der Waals surface area contributed by atoms with Crippen LogP contribution >= 0.6 is 0 Å². The third-order valence-corrected chi connectivity index (χ3v) is 8.36. The number of amides is 2. The Morgan fingerprint density at radius 1 is 0.829 bits per heavy atom. The summed E-state index contributed by atoms with van der Waals surface area (Å²) in [6, 6.07) is 19.4. The van der Waals surface area contributed by atoms with E-state index in [-0.39, 0.29) is 47.5 Å². The molecule has 3 fully saturated rings. The molecule has 1 saturated heterocycles. The van der Waals surface area contributed by atoms with Crippen molar-refractivity contribution < 1.29 is 23.9 Å². The molecule has 0 radical (unpaired) electrons. The average Bonchev–Trinajstić information content (AvgIpc) is 3.63. The van der Waals surface area contributed by atoms with Crippen molar-refractivity contribution in [1.82, 2.24) is 0 Å². The number of benzene rings is 3. The van der Waals surface area contributed by atoms with E-state index >= 15 is 0 Å². The van der Waals surface area contributed by atoms with Gasteiger partial charge in [0, 0.05) is 17.4 Å². The minimum atomic E-state index is -0.347. The van der Waals surface area contributed by atoms with Crippen molar-refractivity contribution in [3.63, 3.8) is 0 Å². The number of imide groups is 1. The van der Waals surface area contributed by atoms with Gasteiger partial charge in [0.2, 0.25) is 11.8 Å². The van der Waals surface area contributed by atoms with E-state index in [0.717, 1.165) is 28.5 Å². The number of ether oxygens (including phenoxy) is 2. The van der Waals surface area contributed by atoms with Gasteiger partial charge in [0.1, 0.15) is 6.10 Å². The Morgan fingerprint density at radius 3 is 2.34 bits per heavy atom. The summed E-state index contributed by atoms with van der Waals surface area (Å²) in [5.41, 5.74) is 2.36. The van der Waals surface area contributed by atoms with Crippen LogP contribution < -0.4 is 14.4 Å². The molecule has 2 amide bonds. The maximum absolute atomic E-state index is 13.7. The Labute approximate surface area is 202 Å². The highest BCUT2D eigenvalue weighted by Gasteiger charge is 2.70. The van der Waals surface area contributed by atoms with Gasteiger partial charge in [-0.3, -0.25) is 14.5 Å². The number of oxime groups is 1. The second kappa shape index (κ2) is 7.31. The predicted molar refractivity (Wildman–Crippen MR) is 129 cm³/mol. The third-order valence-electron chi connectivity index (χ3n) is 8.36. The van der Waals surface area contributed by atoms with E-state index in [9.17, 15) is 9.59 Å². The van der Waals surface area contributed by atoms with E-state index in [2.05, 4.69) is 5.16 Å². The van der Waals surface area contributed by atoms with Crippen LogP contribution in [0.2, 0.25) is 0 Å². The molecule has 4 aliphatic rings. The minimum absolute atomic E-state index is 0.0155. The highest BCUT2D eigenvalue weighted by atomic mass is 16.6. The summed E-state index contributed by atoms with van der Waals surface area (Å²) in [6.45, 7) is 0. The number of rotatable bonds is 4. The van der Waals surface area contributed by atoms with Crippen LogP contribution in [-0.2, 0) is 14.4 Å². The molecule has 0 spiro atoms. The SMILES string of the molecule is COc1ccc(C2=NOC3C4CC(C23)C2C(=O)N(c3ccc5ccccc5c3)C(=O)C42)cc1OC. The molecule has 2 saturated carbocycles. The number of hydrogen-bond acceptors (Lipinski definition) is 6. The van der Waals surface area contributed by atoms with Crippen LogP contribution in [0.3, 0.4) is 0 Å². The summed E-state index contributed by atoms with van der Waals surface area (Å²) in [7, 11) is 3.20. The quantitative estimate of drug-likeness (QED) is 0.541. The molecule has 0 N–H and O–H groups in total. The van der Waals surface area contributed by atoms with Gasteiger partial charge in [0.15, 0.2) is 11.5 Å². The number of nitrogens with zero attached hydrogens (tertiary/aromatic N) is 2. The first-order valence-electron chi connectivity index (χ1n) is 11.9. The summed E-state index contributed by atoms with van der Waals surface area (Å²) in [6.07, 6.45) is 0.623. The molecule has 7 heteroatoms. The van der Waals surface area contributed by atoms with Crippen molar-refractivity contribution in [2.45, 2.75) is 12.5 Å². The Bertz CT molecular complexity index is 1430. The first kappa shape index (κ1) is 20.5. The van der Waals surface area contributed by atoms with Gasteiger partial charge in [-0.2, -0.15) is 0 Å². The topological polar surface area (TPSA) is 77.4 Å². The van der Waals surface area contributed by atoms with Crippen LogP contribution in [0, 0.1) is 29.6 Å². The van der Waals surface area contributed by atoms with Crippen LogP contribution in [0.5, 0.6) is 11.5 Å². The van der Waals surface area contributed by atoms with Crippen LogP contribution in [0.4, 0.5) is 5.69 Å². The molecule has 7 rings (SSSR count). The van der Waals surface area contributed by atoms with Gasteiger partial charge < -0.3 is 14.3 Å². The summed E-state index contributed by atoms with van der Waals surface area (Å²) in [5, 5.41) is 6.52. The number of methoxy groups -OCH3 is 2. The van der Waals surface area contributed by atoms with E-state index in [1.165, 1.54) is 4.90 Å². The predicted octanol–water partition coefficient (Wildman–Crippen LogP) is 4.03. The van der Waals surface area contributed by atoms with E-state index in [1.807, 2.05) is 60.7 Å². The zero-order chi connectivity index (χ0) is 23.8. The molecule has 0 aromatic heterocycles. The van der Waals surface area contributed by atoms with E-state index < -0.39 is 0 Å². The highest BCUT2D eigenvalue weighted by molar-refractivity contribution is 6.23. The molecule has 3 aromatic carbocycles. The molecule has 7 nitrogen and oxygen atoms in total. The molecule has 2 aliphatic heterocycles. The molecule has 35 heavy (non-hydrogen) atoms. The van der Waals surface area contributed by atoms with Gasteiger partial charge in [-0.05, 0) is 53.4 Å². The summed E-state index contributed by atoms with van der Waals surface area (Å²) < 4.78 is 10.8. The van der Waals surface area contributed by atoms with E-state index in [4.69, 9.17) is 14.3 Å². The minimum Gasteiger partial charge on any atom is -0.493 e. The number of carbonyl (C=O) groups is 2. The van der Waals surface area contributed by atoms with Crippen molar-refractivity contribution in [3.05, 3.63) is 66.2 Å². The van der Waals surface area contributed by atoms with Crippen molar-refractivity contribution >= 4 is 34.0 Å². The zero-order valence-electron chi connectivity index (χ0n) is 19.4. The molecular formula is C28H24N2O5. The fourth-order valence-corrected chi connectivity index (χ4v) is 6.93. The lowest BCUT2D eigenvalue weighted by Crippen LogP contribution is -2.41. The Hall–Kier alpha value is -3.87.